The number of aromatic amines is 1. The van der Waals surface area contributed by atoms with E-state index in [1.807, 2.05) is 0 Å². The van der Waals surface area contributed by atoms with E-state index in [1.165, 1.54) is 22.2 Å². The lowest BCUT2D eigenvalue weighted by Gasteiger charge is -2.13. The van der Waals surface area contributed by atoms with Gasteiger partial charge in [0.25, 0.3) is 0 Å². The summed E-state index contributed by atoms with van der Waals surface area (Å²) in [7, 11) is 0. The van der Waals surface area contributed by atoms with Crippen molar-refractivity contribution in [3.05, 3.63) is 35.5 Å². The highest BCUT2D eigenvalue weighted by Crippen LogP contribution is 2.21. The molecule has 0 spiro atoms. The first kappa shape index (κ1) is 14.6. The number of aryl methyl sites for hydroxylation is 1. The molecular weight excluding hydrogens is 246 g/mol. The van der Waals surface area contributed by atoms with Gasteiger partial charge in [-0.05, 0) is 37.4 Å². The number of para-hydroxylation sites is 1. The molecule has 2 rings (SSSR count). The first-order valence-corrected chi connectivity index (χ1v) is 7.30. The van der Waals surface area contributed by atoms with Gasteiger partial charge in [-0.3, -0.25) is 0 Å². The number of fused-ring (bicyclic) bond motifs is 1. The van der Waals surface area contributed by atoms with E-state index in [4.69, 9.17) is 5.26 Å². The first-order valence-electron chi connectivity index (χ1n) is 7.30. The van der Waals surface area contributed by atoms with Crippen LogP contribution in [0.5, 0.6) is 0 Å². The molecule has 0 saturated heterocycles. The number of nitriles is 1. The molecule has 0 amide bonds. The molecule has 2 aromatic rings. The van der Waals surface area contributed by atoms with Crippen LogP contribution in [0.1, 0.15) is 25.1 Å². The Morgan fingerprint density at radius 2 is 2.05 bits per heavy atom. The second kappa shape index (κ2) is 6.58. The Morgan fingerprint density at radius 1 is 1.30 bits per heavy atom. The smallest absolute Gasteiger partial charge is 0.0671 e. The number of aromatic nitrogens is 1. The third-order valence-corrected chi connectivity index (χ3v) is 3.91. The van der Waals surface area contributed by atoms with Gasteiger partial charge in [0, 0.05) is 23.1 Å². The summed E-state index contributed by atoms with van der Waals surface area (Å²) in [5, 5.41) is 13.8. The van der Waals surface area contributed by atoms with Gasteiger partial charge >= 0.3 is 0 Å². The molecule has 0 aliphatic carbocycles. The quantitative estimate of drug-likeness (QED) is 0.790. The lowest BCUT2D eigenvalue weighted by Crippen LogP contribution is -2.27. The third-order valence-electron chi connectivity index (χ3n) is 3.91. The van der Waals surface area contributed by atoms with Crippen LogP contribution in [0.2, 0.25) is 0 Å². The van der Waals surface area contributed by atoms with Crippen molar-refractivity contribution in [2.24, 2.45) is 11.8 Å². The Hall–Kier alpha value is -1.79. The summed E-state index contributed by atoms with van der Waals surface area (Å²) in [6, 6.07) is 10.8. The average molecular weight is 269 g/mol. The number of H-pyrrole nitrogens is 1. The van der Waals surface area contributed by atoms with E-state index < -0.39 is 0 Å². The Morgan fingerprint density at radius 3 is 2.75 bits per heavy atom. The van der Waals surface area contributed by atoms with Crippen molar-refractivity contribution in [1.29, 1.82) is 5.26 Å². The average Bonchev–Trinajstić information content (AvgIpc) is 2.74. The van der Waals surface area contributed by atoms with Crippen molar-refractivity contribution in [3.8, 4) is 6.07 Å². The topological polar surface area (TPSA) is 51.6 Å². The molecule has 1 unspecified atom stereocenters. The van der Waals surface area contributed by atoms with Gasteiger partial charge in [0.1, 0.15) is 0 Å². The predicted molar refractivity (Wildman–Crippen MR) is 83.6 cm³/mol. The second-order valence-electron chi connectivity index (χ2n) is 5.71. The van der Waals surface area contributed by atoms with Crippen LogP contribution in [0.4, 0.5) is 0 Å². The molecule has 0 fully saturated rings. The highest BCUT2D eigenvalue weighted by Gasteiger charge is 2.12. The molecule has 3 nitrogen and oxygen atoms in total. The molecular formula is C17H23N3. The van der Waals surface area contributed by atoms with Gasteiger partial charge in [0.05, 0.1) is 12.0 Å². The van der Waals surface area contributed by atoms with Crippen molar-refractivity contribution in [3.63, 3.8) is 0 Å². The number of benzene rings is 1. The SMILES string of the molecule is Cc1[nH]c2ccccc2c1CCNCC(C#N)C(C)C. The minimum atomic E-state index is 0.0964. The number of nitrogens with one attached hydrogen (secondary N) is 2. The number of nitrogens with zero attached hydrogens (tertiary/aromatic N) is 1. The molecule has 1 atom stereocenters. The maximum atomic E-state index is 9.07. The van der Waals surface area contributed by atoms with Crippen LogP contribution in [-0.4, -0.2) is 18.1 Å². The molecule has 0 bridgehead atoms. The van der Waals surface area contributed by atoms with Gasteiger partial charge in [-0.2, -0.15) is 5.26 Å². The molecule has 1 heterocycles. The fourth-order valence-corrected chi connectivity index (χ4v) is 2.56. The van der Waals surface area contributed by atoms with Gasteiger partial charge in [0.2, 0.25) is 0 Å². The maximum Gasteiger partial charge on any atom is 0.0671 e. The summed E-state index contributed by atoms with van der Waals surface area (Å²) >= 11 is 0. The van der Waals surface area contributed by atoms with Gasteiger partial charge < -0.3 is 10.3 Å². The molecule has 106 valence electrons. The number of rotatable bonds is 6. The minimum Gasteiger partial charge on any atom is -0.358 e. The van der Waals surface area contributed by atoms with Crippen molar-refractivity contribution in [1.82, 2.24) is 10.3 Å². The Bertz CT molecular complexity index is 604. The molecule has 1 aromatic carbocycles. The molecule has 0 aliphatic heterocycles. The summed E-state index contributed by atoms with van der Waals surface area (Å²) in [6.07, 6.45) is 0.992. The maximum absolute atomic E-state index is 9.07. The predicted octanol–water partition coefficient (Wildman–Crippen LogP) is 3.40. The zero-order valence-electron chi connectivity index (χ0n) is 12.5. The monoisotopic (exact) mass is 269 g/mol. The Kier molecular flexibility index (Phi) is 4.81. The van der Waals surface area contributed by atoms with Crippen LogP contribution >= 0.6 is 0 Å². The van der Waals surface area contributed by atoms with E-state index in [-0.39, 0.29) is 5.92 Å². The van der Waals surface area contributed by atoms with Crippen LogP contribution in [0.25, 0.3) is 10.9 Å². The minimum absolute atomic E-state index is 0.0964. The van der Waals surface area contributed by atoms with E-state index in [0.29, 0.717) is 5.92 Å². The van der Waals surface area contributed by atoms with E-state index in [0.717, 1.165) is 19.5 Å². The van der Waals surface area contributed by atoms with E-state index >= 15 is 0 Å². The standard InChI is InChI=1S/C17H23N3/c1-12(2)14(10-18)11-19-9-8-15-13(3)20-17-7-5-4-6-16(15)17/h4-7,12,14,19-20H,8-9,11H2,1-3H3. The number of hydrogen-bond donors (Lipinski definition) is 2. The van der Waals surface area contributed by atoms with Gasteiger partial charge in [-0.15, -0.1) is 0 Å². The highest BCUT2D eigenvalue weighted by molar-refractivity contribution is 5.84. The summed E-state index contributed by atoms with van der Waals surface area (Å²) in [4.78, 5) is 3.43. The molecule has 0 saturated carbocycles. The molecule has 0 radical (unpaired) electrons. The van der Waals surface area contributed by atoms with Crippen LogP contribution in [0.15, 0.2) is 24.3 Å². The zero-order chi connectivity index (χ0) is 14.5. The molecule has 2 N–H and O–H groups in total. The van der Waals surface area contributed by atoms with E-state index in [1.54, 1.807) is 0 Å². The summed E-state index contributed by atoms with van der Waals surface area (Å²) in [6.45, 7) is 8.00. The van der Waals surface area contributed by atoms with Crippen LogP contribution in [0, 0.1) is 30.1 Å². The Labute approximate surface area is 121 Å². The van der Waals surface area contributed by atoms with Gasteiger partial charge in [-0.25, -0.2) is 0 Å². The molecule has 3 heteroatoms. The zero-order valence-corrected chi connectivity index (χ0v) is 12.5. The van der Waals surface area contributed by atoms with Crippen LogP contribution < -0.4 is 5.32 Å². The fourth-order valence-electron chi connectivity index (χ4n) is 2.56. The fraction of sp³-hybridized carbons (Fsp3) is 0.471. The van der Waals surface area contributed by atoms with Gasteiger partial charge in [-0.1, -0.05) is 32.0 Å². The second-order valence-corrected chi connectivity index (χ2v) is 5.71. The first-order chi connectivity index (χ1) is 9.63. The van der Waals surface area contributed by atoms with Crippen molar-refractivity contribution in [2.75, 3.05) is 13.1 Å². The summed E-state index contributed by atoms with van der Waals surface area (Å²) in [5.41, 5.74) is 3.83. The van der Waals surface area contributed by atoms with Crippen molar-refractivity contribution in [2.45, 2.75) is 27.2 Å². The highest BCUT2D eigenvalue weighted by atomic mass is 14.9. The Balaban J connectivity index is 1.94. The third kappa shape index (κ3) is 3.20. The van der Waals surface area contributed by atoms with Crippen molar-refractivity contribution < 1.29 is 0 Å². The lowest BCUT2D eigenvalue weighted by atomic mass is 9.97. The van der Waals surface area contributed by atoms with Crippen molar-refractivity contribution >= 4 is 10.9 Å². The summed E-state index contributed by atoms with van der Waals surface area (Å²) < 4.78 is 0. The molecule has 20 heavy (non-hydrogen) atoms. The van der Waals surface area contributed by atoms with E-state index in [9.17, 15) is 0 Å². The molecule has 0 aliphatic rings. The molecule has 1 aromatic heterocycles. The normalized spacial score (nSPS) is 12.8. The largest absolute Gasteiger partial charge is 0.358 e. The lowest BCUT2D eigenvalue weighted by molar-refractivity contribution is 0.444. The summed E-state index contributed by atoms with van der Waals surface area (Å²) in [5.74, 6) is 0.501. The van der Waals surface area contributed by atoms with Crippen LogP contribution in [0.3, 0.4) is 0 Å². The van der Waals surface area contributed by atoms with Crippen LogP contribution in [-0.2, 0) is 6.42 Å². The number of hydrogen-bond acceptors (Lipinski definition) is 2. The van der Waals surface area contributed by atoms with E-state index in [2.05, 4.69) is 61.4 Å². The van der Waals surface area contributed by atoms with Gasteiger partial charge in [0.15, 0.2) is 0 Å².